The van der Waals surface area contributed by atoms with E-state index in [4.69, 9.17) is 4.42 Å². The van der Waals surface area contributed by atoms with E-state index in [-0.39, 0.29) is 9.92 Å². The summed E-state index contributed by atoms with van der Waals surface area (Å²) in [5, 5.41) is 0.00385. The molecule has 0 bridgehead atoms. The van der Waals surface area contributed by atoms with Crippen molar-refractivity contribution in [3.63, 3.8) is 0 Å². The molecule has 30 heavy (non-hydrogen) atoms. The maximum absolute atomic E-state index is 13.5. The number of aromatic nitrogens is 1. The monoisotopic (exact) mass is 424 g/mol. The minimum atomic E-state index is -3.81. The summed E-state index contributed by atoms with van der Waals surface area (Å²) in [6.07, 6.45) is 1.12. The maximum atomic E-state index is 13.5. The fourth-order valence-corrected chi connectivity index (χ4v) is 5.55. The number of benzene rings is 2. The average Bonchev–Trinajstić information content (AvgIpc) is 3.14. The number of rotatable bonds is 4. The van der Waals surface area contributed by atoms with Gasteiger partial charge in [0.2, 0.25) is 26.6 Å². The summed E-state index contributed by atoms with van der Waals surface area (Å²) >= 11 is 0. The molecule has 1 aromatic heterocycles. The van der Waals surface area contributed by atoms with Crippen LogP contribution >= 0.6 is 0 Å². The molecule has 3 aromatic rings. The molecule has 158 valence electrons. The first-order valence-corrected chi connectivity index (χ1v) is 11.9. The molecule has 5 nitrogen and oxygen atoms in total. The largest absolute Gasteiger partial charge is 0.419 e. The van der Waals surface area contributed by atoms with Gasteiger partial charge in [-0.1, -0.05) is 49.2 Å². The van der Waals surface area contributed by atoms with E-state index in [1.807, 2.05) is 43.0 Å². The van der Waals surface area contributed by atoms with Crippen LogP contribution in [0.2, 0.25) is 0 Å². The Morgan fingerprint density at radius 2 is 1.63 bits per heavy atom. The van der Waals surface area contributed by atoms with E-state index in [2.05, 4.69) is 18.8 Å². The molecule has 0 N–H and O–H groups in total. The van der Waals surface area contributed by atoms with Crippen molar-refractivity contribution < 1.29 is 12.8 Å². The van der Waals surface area contributed by atoms with E-state index in [1.165, 1.54) is 0 Å². The number of aryl methyl sites for hydroxylation is 2. The van der Waals surface area contributed by atoms with Gasteiger partial charge in [0.1, 0.15) is 0 Å². The van der Waals surface area contributed by atoms with Crippen LogP contribution in [-0.4, -0.2) is 26.5 Å². The molecule has 2 atom stereocenters. The van der Waals surface area contributed by atoms with Crippen molar-refractivity contribution >= 4 is 15.7 Å². The van der Waals surface area contributed by atoms with Gasteiger partial charge in [-0.05, 0) is 56.4 Å². The fraction of sp³-hybridized carbons (Fsp3) is 0.375. The van der Waals surface area contributed by atoms with Crippen LogP contribution in [0.3, 0.4) is 0 Å². The number of hydrogen-bond acceptors (Lipinski definition) is 5. The first kappa shape index (κ1) is 20.7. The van der Waals surface area contributed by atoms with Crippen molar-refractivity contribution in [2.75, 3.05) is 18.0 Å². The molecule has 0 radical (unpaired) electrons. The van der Waals surface area contributed by atoms with Crippen LogP contribution in [0.25, 0.3) is 11.5 Å². The summed E-state index contributed by atoms with van der Waals surface area (Å²) in [6, 6.07) is 14.6. The van der Waals surface area contributed by atoms with Crippen LogP contribution in [0.4, 0.5) is 5.88 Å². The van der Waals surface area contributed by atoms with Crippen LogP contribution in [0, 0.1) is 25.7 Å². The lowest BCUT2D eigenvalue weighted by Crippen LogP contribution is -2.39. The normalized spacial score (nSPS) is 19.8. The standard InChI is InChI=1S/C24H28N2O3S/c1-16-8-10-21(11-9-16)30(27,28)23-24(26-14-18(3)12-19(4)15-26)29-22(25-23)20-7-5-6-17(2)13-20/h5-11,13,18-19H,12,14-15H2,1-4H3. The second-order valence-electron chi connectivity index (χ2n) is 8.67. The van der Waals surface area contributed by atoms with Crippen molar-refractivity contribution in [2.24, 2.45) is 11.8 Å². The van der Waals surface area contributed by atoms with Gasteiger partial charge < -0.3 is 9.32 Å². The Bertz CT molecular complexity index is 1140. The van der Waals surface area contributed by atoms with Gasteiger partial charge in [0.25, 0.3) is 0 Å². The molecular weight excluding hydrogens is 396 g/mol. The first-order chi connectivity index (χ1) is 14.2. The SMILES string of the molecule is Cc1ccc(S(=O)(=O)c2nc(-c3cccc(C)c3)oc2N2CC(C)CC(C)C2)cc1. The van der Waals surface area contributed by atoms with Crippen molar-refractivity contribution in [3.8, 4) is 11.5 Å². The Hall–Kier alpha value is -2.60. The molecule has 1 aliphatic heterocycles. The lowest BCUT2D eigenvalue weighted by molar-refractivity contribution is 0.342. The summed E-state index contributed by atoms with van der Waals surface area (Å²) < 4.78 is 33.2. The van der Waals surface area contributed by atoms with Gasteiger partial charge in [-0.2, -0.15) is 4.98 Å². The van der Waals surface area contributed by atoms with Crippen molar-refractivity contribution in [1.29, 1.82) is 0 Å². The zero-order valence-electron chi connectivity index (χ0n) is 17.9. The second-order valence-corrected chi connectivity index (χ2v) is 10.5. The Kier molecular flexibility index (Phi) is 5.45. The van der Waals surface area contributed by atoms with Gasteiger partial charge in [-0.3, -0.25) is 0 Å². The van der Waals surface area contributed by atoms with Crippen LogP contribution < -0.4 is 4.90 Å². The molecule has 0 amide bonds. The first-order valence-electron chi connectivity index (χ1n) is 10.4. The number of sulfone groups is 1. The predicted octanol–water partition coefficient (Wildman–Crippen LogP) is 5.27. The van der Waals surface area contributed by atoms with Crippen molar-refractivity contribution in [2.45, 2.75) is 44.0 Å². The van der Waals surface area contributed by atoms with Crippen LogP contribution in [0.5, 0.6) is 0 Å². The Balaban J connectivity index is 1.86. The van der Waals surface area contributed by atoms with E-state index in [0.29, 0.717) is 23.6 Å². The number of oxazole rings is 1. The summed E-state index contributed by atoms with van der Waals surface area (Å²) in [6.45, 7) is 9.81. The zero-order valence-corrected chi connectivity index (χ0v) is 18.7. The molecule has 0 spiro atoms. The predicted molar refractivity (Wildman–Crippen MR) is 118 cm³/mol. The van der Waals surface area contributed by atoms with E-state index in [9.17, 15) is 8.42 Å². The van der Waals surface area contributed by atoms with E-state index >= 15 is 0 Å². The fourth-order valence-electron chi connectivity index (χ4n) is 4.23. The number of nitrogens with zero attached hydrogens (tertiary/aromatic N) is 2. The molecule has 2 aromatic carbocycles. The summed E-state index contributed by atoms with van der Waals surface area (Å²) in [7, 11) is -3.81. The van der Waals surface area contributed by atoms with Gasteiger partial charge in [0.05, 0.1) is 4.90 Å². The highest BCUT2D eigenvalue weighted by molar-refractivity contribution is 7.91. The second kappa shape index (κ2) is 7.91. The quantitative estimate of drug-likeness (QED) is 0.571. The third-order valence-electron chi connectivity index (χ3n) is 5.59. The molecule has 6 heteroatoms. The molecular formula is C24H28N2O3S. The Labute approximate surface area is 178 Å². The van der Waals surface area contributed by atoms with Crippen LogP contribution in [0.15, 0.2) is 62.9 Å². The average molecular weight is 425 g/mol. The van der Waals surface area contributed by atoms with Gasteiger partial charge in [0, 0.05) is 18.7 Å². The third kappa shape index (κ3) is 4.01. The molecule has 4 rings (SSSR count). The highest BCUT2D eigenvalue weighted by atomic mass is 32.2. The molecule has 2 heterocycles. The minimum Gasteiger partial charge on any atom is -0.419 e. The maximum Gasteiger partial charge on any atom is 0.236 e. The van der Waals surface area contributed by atoms with Crippen LogP contribution in [0.1, 0.15) is 31.4 Å². The summed E-state index contributed by atoms with van der Waals surface area (Å²) in [5.41, 5.74) is 2.85. The molecule has 1 aliphatic rings. The van der Waals surface area contributed by atoms with Gasteiger partial charge in [-0.25, -0.2) is 8.42 Å². The highest BCUT2D eigenvalue weighted by Gasteiger charge is 2.34. The molecule has 0 saturated carbocycles. The summed E-state index contributed by atoms with van der Waals surface area (Å²) in [4.78, 5) is 6.80. The minimum absolute atomic E-state index is 0.00385. The number of anilines is 1. The lowest BCUT2D eigenvalue weighted by Gasteiger charge is -2.34. The van der Waals surface area contributed by atoms with E-state index in [1.54, 1.807) is 24.3 Å². The van der Waals surface area contributed by atoms with Gasteiger partial charge in [0.15, 0.2) is 0 Å². The number of piperidine rings is 1. The zero-order chi connectivity index (χ0) is 21.5. The third-order valence-corrected chi connectivity index (χ3v) is 7.25. The van der Waals surface area contributed by atoms with E-state index < -0.39 is 9.84 Å². The van der Waals surface area contributed by atoms with Gasteiger partial charge >= 0.3 is 0 Å². The van der Waals surface area contributed by atoms with Crippen molar-refractivity contribution in [3.05, 3.63) is 59.7 Å². The molecule has 0 aliphatic carbocycles. The highest BCUT2D eigenvalue weighted by Crippen LogP contribution is 2.37. The summed E-state index contributed by atoms with van der Waals surface area (Å²) in [5.74, 6) is 1.60. The Morgan fingerprint density at radius 1 is 0.967 bits per heavy atom. The van der Waals surface area contributed by atoms with Gasteiger partial charge in [-0.15, -0.1) is 0 Å². The molecule has 2 unspecified atom stereocenters. The lowest BCUT2D eigenvalue weighted by atomic mass is 9.92. The molecule has 1 fully saturated rings. The van der Waals surface area contributed by atoms with Crippen molar-refractivity contribution in [1.82, 2.24) is 4.98 Å². The number of hydrogen-bond donors (Lipinski definition) is 0. The molecule has 1 saturated heterocycles. The Morgan fingerprint density at radius 3 is 2.27 bits per heavy atom. The van der Waals surface area contributed by atoms with Crippen LogP contribution in [-0.2, 0) is 9.84 Å². The smallest absolute Gasteiger partial charge is 0.236 e. The topological polar surface area (TPSA) is 63.4 Å². The van der Waals surface area contributed by atoms with E-state index in [0.717, 1.165) is 36.2 Å².